The minimum Gasteiger partial charge on any atom is -0.350 e. The van der Waals surface area contributed by atoms with Gasteiger partial charge >= 0.3 is 5.82 Å². The molecule has 0 aliphatic carbocycles. The van der Waals surface area contributed by atoms with Crippen molar-refractivity contribution < 1.29 is 14.9 Å². The molecule has 76 valence electrons. The van der Waals surface area contributed by atoms with Crippen LogP contribution in [0, 0.1) is 10.1 Å². The molecule has 2 heterocycles. The van der Waals surface area contributed by atoms with E-state index in [-0.39, 0.29) is 11.5 Å². The minimum absolute atomic E-state index is 0.134. The quantitative estimate of drug-likeness (QED) is 0.316. The molecule has 0 aliphatic heterocycles. The maximum Gasteiger partial charge on any atom is 0.354 e. The smallest absolute Gasteiger partial charge is 0.350 e. The molecule has 1 N–H and O–H groups in total. The van der Waals surface area contributed by atoms with E-state index >= 15 is 0 Å². The number of aromatic nitrogens is 4. The van der Waals surface area contributed by atoms with Crippen LogP contribution in [0.2, 0.25) is 0 Å². The Balaban J connectivity index is 2.55. The molecule has 0 aliphatic rings. The third-order valence-corrected chi connectivity index (χ3v) is 1.76. The van der Waals surface area contributed by atoms with Crippen molar-refractivity contribution in [1.82, 2.24) is 14.8 Å². The van der Waals surface area contributed by atoms with Gasteiger partial charge in [0.2, 0.25) is 6.33 Å². The lowest BCUT2D eigenvalue weighted by Crippen LogP contribution is -2.35. The van der Waals surface area contributed by atoms with Crippen LogP contribution in [0.15, 0.2) is 31.0 Å². The highest BCUT2D eigenvalue weighted by molar-refractivity contribution is 5.32. The van der Waals surface area contributed by atoms with Crippen molar-refractivity contribution in [2.24, 2.45) is 0 Å². The van der Waals surface area contributed by atoms with Gasteiger partial charge in [0.05, 0.1) is 11.0 Å². The zero-order chi connectivity index (χ0) is 10.8. The molecule has 8 nitrogen and oxygen atoms in total. The molecule has 2 aromatic heterocycles. The Morgan fingerprint density at radius 2 is 2.40 bits per heavy atom. The fourth-order valence-electron chi connectivity index (χ4n) is 1.08. The summed E-state index contributed by atoms with van der Waals surface area (Å²) >= 11 is 0. The van der Waals surface area contributed by atoms with Crippen molar-refractivity contribution in [3.8, 4) is 5.82 Å². The Morgan fingerprint density at radius 1 is 1.60 bits per heavy atom. The average molecular weight is 208 g/mol. The van der Waals surface area contributed by atoms with Crippen molar-refractivity contribution in [1.29, 1.82) is 0 Å². The molecule has 15 heavy (non-hydrogen) atoms. The van der Waals surface area contributed by atoms with Crippen LogP contribution >= 0.6 is 0 Å². The SMILES string of the molecule is O=[N+]([O-])c1cc[n+](O)c(-n2cncn2)c1. The predicted molar refractivity (Wildman–Crippen MR) is 45.4 cm³/mol. The lowest BCUT2D eigenvalue weighted by Gasteiger charge is -1.95. The molecule has 2 aromatic rings. The second-order valence-electron chi connectivity index (χ2n) is 2.68. The van der Waals surface area contributed by atoms with Crippen molar-refractivity contribution in [2.75, 3.05) is 0 Å². The standard InChI is InChI=1S/C7H6N5O3/c13-11-2-1-6(12(14)15)3-7(11)10-5-8-4-9-10/h1-5,13H/q+1. The largest absolute Gasteiger partial charge is 0.354 e. The van der Waals surface area contributed by atoms with Crippen molar-refractivity contribution >= 4 is 5.69 Å². The molecule has 0 radical (unpaired) electrons. The number of nitro groups is 1. The van der Waals surface area contributed by atoms with Crippen molar-refractivity contribution in [3.63, 3.8) is 0 Å². The summed E-state index contributed by atoms with van der Waals surface area (Å²) in [6, 6.07) is 2.37. The molecular formula is C7H6N5O3+. The van der Waals surface area contributed by atoms with Gasteiger partial charge in [0.1, 0.15) is 12.3 Å². The highest BCUT2D eigenvalue weighted by Crippen LogP contribution is 2.11. The van der Waals surface area contributed by atoms with E-state index in [0.717, 1.165) is 10.9 Å². The van der Waals surface area contributed by atoms with Gasteiger partial charge in [-0.3, -0.25) is 10.1 Å². The first-order valence-corrected chi connectivity index (χ1v) is 3.93. The first-order valence-electron chi connectivity index (χ1n) is 3.93. The summed E-state index contributed by atoms with van der Waals surface area (Å²) in [7, 11) is 0. The maximum absolute atomic E-state index is 10.5. The Bertz CT molecular complexity index is 495. The van der Waals surface area contributed by atoms with E-state index in [0.29, 0.717) is 0 Å². The van der Waals surface area contributed by atoms with Gasteiger partial charge in [-0.2, -0.15) is 4.98 Å². The van der Waals surface area contributed by atoms with E-state index < -0.39 is 4.92 Å². The van der Waals surface area contributed by atoms with Crippen molar-refractivity contribution in [3.05, 3.63) is 41.1 Å². The number of pyridine rings is 1. The second-order valence-corrected chi connectivity index (χ2v) is 2.68. The van der Waals surface area contributed by atoms with Gasteiger partial charge in [0.25, 0.3) is 5.69 Å². The van der Waals surface area contributed by atoms with E-state index in [1.165, 1.54) is 29.5 Å². The van der Waals surface area contributed by atoms with E-state index in [9.17, 15) is 15.3 Å². The zero-order valence-electron chi connectivity index (χ0n) is 7.39. The summed E-state index contributed by atoms with van der Waals surface area (Å²) in [5.74, 6) is 0.140. The monoisotopic (exact) mass is 208 g/mol. The molecule has 0 spiro atoms. The Morgan fingerprint density at radius 3 is 3.00 bits per heavy atom. The summed E-state index contributed by atoms with van der Waals surface area (Å²) in [5, 5.41) is 23.6. The summed E-state index contributed by atoms with van der Waals surface area (Å²) in [4.78, 5) is 13.6. The van der Waals surface area contributed by atoms with Gasteiger partial charge in [0, 0.05) is 0 Å². The van der Waals surface area contributed by atoms with Gasteiger partial charge in [-0.25, -0.2) is 0 Å². The lowest BCUT2D eigenvalue weighted by atomic mass is 10.4. The normalized spacial score (nSPS) is 10.1. The second kappa shape index (κ2) is 3.33. The molecular weight excluding hydrogens is 202 g/mol. The predicted octanol–water partition coefficient (Wildman–Crippen LogP) is -0.300. The maximum atomic E-state index is 10.5. The summed E-state index contributed by atoms with van der Waals surface area (Å²) in [5.41, 5.74) is -0.134. The number of nitrogens with zero attached hydrogens (tertiary/aromatic N) is 5. The Hall–Kier alpha value is -2.51. The van der Waals surface area contributed by atoms with E-state index in [1.807, 2.05) is 0 Å². The number of rotatable bonds is 2. The molecule has 0 amide bonds. The van der Waals surface area contributed by atoms with Crippen LogP contribution in [0.25, 0.3) is 5.82 Å². The van der Waals surface area contributed by atoms with Crippen molar-refractivity contribution in [2.45, 2.75) is 0 Å². The Kier molecular flexibility index (Phi) is 2.01. The lowest BCUT2D eigenvalue weighted by molar-refractivity contribution is -0.900. The van der Waals surface area contributed by atoms with Crippen LogP contribution in [0.3, 0.4) is 0 Å². The summed E-state index contributed by atoms with van der Waals surface area (Å²) in [6.45, 7) is 0. The van der Waals surface area contributed by atoms with E-state index in [1.54, 1.807) is 0 Å². The average Bonchev–Trinajstić information content (AvgIpc) is 2.71. The van der Waals surface area contributed by atoms with Crippen LogP contribution in [0.1, 0.15) is 0 Å². The van der Waals surface area contributed by atoms with Gasteiger partial charge in [-0.15, -0.1) is 0 Å². The van der Waals surface area contributed by atoms with Crippen LogP contribution in [-0.4, -0.2) is 24.9 Å². The molecule has 0 saturated heterocycles. The summed E-state index contributed by atoms with van der Waals surface area (Å²) in [6.07, 6.45) is 3.75. The van der Waals surface area contributed by atoms with E-state index in [2.05, 4.69) is 10.1 Å². The zero-order valence-corrected chi connectivity index (χ0v) is 7.39. The Labute approximate surface area is 83.1 Å². The fraction of sp³-hybridized carbons (Fsp3) is 0. The van der Waals surface area contributed by atoms with Crippen LogP contribution in [-0.2, 0) is 0 Å². The topological polar surface area (TPSA) is 98.0 Å². The van der Waals surface area contributed by atoms with Crippen LogP contribution in [0.5, 0.6) is 0 Å². The molecule has 0 saturated carbocycles. The minimum atomic E-state index is -0.555. The van der Waals surface area contributed by atoms with E-state index in [4.69, 9.17) is 0 Å². The highest BCUT2D eigenvalue weighted by atomic mass is 16.6. The first-order chi connectivity index (χ1) is 7.18. The molecule has 8 heteroatoms. The summed E-state index contributed by atoms with van der Waals surface area (Å²) < 4.78 is 1.94. The third-order valence-electron chi connectivity index (χ3n) is 1.76. The first kappa shape index (κ1) is 9.06. The number of hydrogen-bond donors (Lipinski definition) is 1. The number of hydrogen-bond acceptors (Lipinski definition) is 5. The van der Waals surface area contributed by atoms with Gasteiger partial charge in [-0.1, -0.05) is 9.78 Å². The fourth-order valence-corrected chi connectivity index (χ4v) is 1.08. The molecule has 2 rings (SSSR count). The van der Waals surface area contributed by atoms with Gasteiger partial charge in [-0.05, 0) is 4.73 Å². The molecule has 0 bridgehead atoms. The van der Waals surface area contributed by atoms with Gasteiger partial charge in [0.15, 0.2) is 6.33 Å². The molecule has 0 fully saturated rings. The highest BCUT2D eigenvalue weighted by Gasteiger charge is 2.18. The third kappa shape index (κ3) is 1.59. The molecule has 0 unspecified atom stereocenters. The van der Waals surface area contributed by atoms with Crippen LogP contribution < -0.4 is 4.73 Å². The molecule has 0 atom stereocenters. The van der Waals surface area contributed by atoms with Gasteiger partial charge < -0.3 is 5.21 Å². The van der Waals surface area contributed by atoms with Crippen LogP contribution in [0.4, 0.5) is 5.69 Å². The molecule has 0 aromatic carbocycles.